The van der Waals surface area contributed by atoms with Crippen molar-refractivity contribution in [3.8, 4) is 5.75 Å². The molecule has 0 atom stereocenters. The molecule has 0 bridgehead atoms. The molecule has 1 aromatic carbocycles. The van der Waals surface area contributed by atoms with E-state index in [0.29, 0.717) is 18.2 Å². The summed E-state index contributed by atoms with van der Waals surface area (Å²) in [5.74, 6) is 0.876. The maximum Gasteiger partial charge on any atom is 0.119 e. The van der Waals surface area contributed by atoms with E-state index in [1.54, 1.807) is 17.1 Å². The third-order valence-corrected chi connectivity index (χ3v) is 3.11. The summed E-state index contributed by atoms with van der Waals surface area (Å²) in [7, 11) is 0. The van der Waals surface area contributed by atoms with Gasteiger partial charge in [-0.2, -0.15) is 5.10 Å². The van der Waals surface area contributed by atoms with E-state index in [1.165, 1.54) is 5.56 Å². The molecule has 0 aliphatic heterocycles. The van der Waals surface area contributed by atoms with Crippen LogP contribution in [0.2, 0.25) is 5.02 Å². The van der Waals surface area contributed by atoms with Crippen LogP contribution in [0.1, 0.15) is 26.3 Å². The topological polar surface area (TPSA) is 39.1 Å². The van der Waals surface area contributed by atoms with Crippen LogP contribution >= 0.6 is 11.6 Å². The zero-order valence-electron chi connectivity index (χ0n) is 12.8. The molecule has 1 aromatic heterocycles. The van der Waals surface area contributed by atoms with Crippen LogP contribution in [-0.4, -0.2) is 21.9 Å². The zero-order valence-corrected chi connectivity index (χ0v) is 13.5. The lowest BCUT2D eigenvalue weighted by Crippen LogP contribution is -2.35. The summed E-state index contributed by atoms with van der Waals surface area (Å²) in [6, 6.07) is 8.14. The fourth-order valence-electron chi connectivity index (χ4n) is 1.83. The van der Waals surface area contributed by atoms with Crippen LogP contribution in [0.15, 0.2) is 36.7 Å². The number of aromatic nitrogens is 2. The molecule has 0 radical (unpaired) electrons. The molecule has 1 N–H and O–H groups in total. The highest BCUT2D eigenvalue weighted by Gasteiger charge is 2.08. The second-order valence-corrected chi connectivity index (χ2v) is 6.46. The molecule has 0 fully saturated rings. The van der Waals surface area contributed by atoms with Crippen molar-refractivity contribution >= 4 is 11.6 Å². The van der Waals surface area contributed by atoms with Crippen molar-refractivity contribution in [2.24, 2.45) is 0 Å². The van der Waals surface area contributed by atoms with Crippen LogP contribution < -0.4 is 10.1 Å². The normalized spacial score (nSPS) is 11.6. The molecule has 0 amide bonds. The van der Waals surface area contributed by atoms with E-state index in [-0.39, 0.29) is 5.54 Å². The van der Waals surface area contributed by atoms with E-state index in [2.05, 4.69) is 43.3 Å². The first-order valence-electron chi connectivity index (χ1n) is 7.07. The van der Waals surface area contributed by atoms with Gasteiger partial charge in [0.25, 0.3) is 0 Å². The number of nitrogens with zero attached hydrogens (tertiary/aromatic N) is 2. The molecule has 114 valence electrons. The van der Waals surface area contributed by atoms with Crippen molar-refractivity contribution < 1.29 is 4.74 Å². The van der Waals surface area contributed by atoms with Gasteiger partial charge in [0.2, 0.25) is 0 Å². The quantitative estimate of drug-likeness (QED) is 0.887. The minimum absolute atomic E-state index is 0.107. The number of hydrogen-bond acceptors (Lipinski definition) is 3. The number of hydrogen-bond donors (Lipinski definition) is 1. The lowest BCUT2D eigenvalue weighted by Gasteiger charge is -2.20. The molecule has 0 saturated carbocycles. The fourth-order valence-corrected chi connectivity index (χ4v) is 1.99. The Labute approximate surface area is 131 Å². The van der Waals surface area contributed by atoms with E-state index < -0.39 is 0 Å². The summed E-state index contributed by atoms with van der Waals surface area (Å²) in [6.45, 7) is 8.54. The summed E-state index contributed by atoms with van der Waals surface area (Å²) in [5, 5.41) is 8.23. The highest BCUT2D eigenvalue weighted by atomic mass is 35.5. The molecule has 2 rings (SSSR count). The Morgan fingerprint density at radius 3 is 2.81 bits per heavy atom. The molecular formula is C16H22ClN3O. The lowest BCUT2D eigenvalue weighted by atomic mass is 10.1. The molecule has 4 nitrogen and oxygen atoms in total. The van der Waals surface area contributed by atoms with Crippen LogP contribution in [-0.2, 0) is 13.1 Å². The average molecular weight is 308 g/mol. The van der Waals surface area contributed by atoms with Crippen LogP contribution in [0.25, 0.3) is 0 Å². The van der Waals surface area contributed by atoms with Crippen LogP contribution in [0, 0.1) is 0 Å². The molecule has 0 spiro atoms. The summed E-state index contributed by atoms with van der Waals surface area (Å²) >= 11 is 5.82. The Balaban J connectivity index is 1.83. The van der Waals surface area contributed by atoms with Gasteiger partial charge in [-0.15, -0.1) is 0 Å². The summed E-state index contributed by atoms with van der Waals surface area (Å²) in [5.41, 5.74) is 1.32. The van der Waals surface area contributed by atoms with Crippen molar-refractivity contribution in [1.82, 2.24) is 15.1 Å². The largest absolute Gasteiger partial charge is 0.492 e. The first kappa shape index (κ1) is 15.9. The second-order valence-electron chi connectivity index (χ2n) is 6.02. The predicted molar refractivity (Wildman–Crippen MR) is 85.8 cm³/mol. The van der Waals surface area contributed by atoms with Crippen molar-refractivity contribution in [3.63, 3.8) is 0 Å². The first-order chi connectivity index (χ1) is 9.92. The van der Waals surface area contributed by atoms with Gasteiger partial charge >= 0.3 is 0 Å². The molecule has 1 heterocycles. The van der Waals surface area contributed by atoms with E-state index in [9.17, 15) is 0 Å². The summed E-state index contributed by atoms with van der Waals surface area (Å²) in [4.78, 5) is 0. The Morgan fingerprint density at radius 2 is 2.14 bits per heavy atom. The highest BCUT2D eigenvalue weighted by Crippen LogP contribution is 2.14. The van der Waals surface area contributed by atoms with Gasteiger partial charge in [-0.05, 0) is 38.5 Å². The van der Waals surface area contributed by atoms with Gasteiger partial charge in [-0.25, -0.2) is 0 Å². The van der Waals surface area contributed by atoms with Crippen molar-refractivity contribution in [3.05, 3.63) is 47.2 Å². The first-order valence-corrected chi connectivity index (χ1v) is 7.45. The molecule has 0 unspecified atom stereocenters. The summed E-state index contributed by atoms with van der Waals surface area (Å²) in [6.07, 6.45) is 3.41. The number of benzene rings is 1. The maximum atomic E-state index is 5.82. The summed E-state index contributed by atoms with van der Waals surface area (Å²) < 4.78 is 7.53. The molecule has 0 aliphatic carbocycles. The van der Waals surface area contributed by atoms with Gasteiger partial charge in [0.1, 0.15) is 12.4 Å². The molecule has 21 heavy (non-hydrogen) atoms. The van der Waals surface area contributed by atoms with Gasteiger partial charge < -0.3 is 10.1 Å². The smallest absolute Gasteiger partial charge is 0.119 e. The number of halogens is 1. The van der Waals surface area contributed by atoms with Crippen molar-refractivity contribution in [1.29, 1.82) is 0 Å². The van der Waals surface area contributed by atoms with E-state index in [1.807, 2.05) is 12.1 Å². The Hall–Kier alpha value is -1.52. The Morgan fingerprint density at radius 1 is 1.33 bits per heavy atom. The Kier molecular flexibility index (Phi) is 5.26. The van der Waals surface area contributed by atoms with Gasteiger partial charge in [0.05, 0.1) is 17.8 Å². The van der Waals surface area contributed by atoms with Gasteiger partial charge in [0.15, 0.2) is 0 Å². The third kappa shape index (κ3) is 5.78. The Bertz CT molecular complexity index is 575. The predicted octanol–water partition coefficient (Wildman–Crippen LogP) is 3.50. The lowest BCUT2D eigenvalue weighted by molar-refractivity contribution is 0.291. The molecule has 0 saturated heterocycles. The minimum atomic E-state index is 0.107. The van der Waals surface area contributed by atoms with Crippen molar-refractivity contribution in [2.75, 3.05) is 6.61 Å². The van der Waals surface area contributed by atoms with E-state index in [0.717, 1.165) is 12.3 Å². The van der Waals surface area contributed by atoms with E-state index in [4.69, 9.17) is 16.3 Å². The number of rotatable bonds is 6. The van der Waals surface area contributed by atoms with Crippen LogP contribution in [0.5, 0.6) is 5.75 Å². The molecule has 0 aliphatic rings. The molecular weight excluding hydrogens is 286 g/mol. The minimum Gasteiger partial charge on any atom is -0.492 e. The van der Waals surface area contributed by atoms with Crippen LogP contribution in [0.3, 0.4) is 0 Å². The van der Waals surface area contributed by atoms with Gasteiger partial charge in [-0.1, -0.05) is 23.7 Å². The molecule has 2 aromatic rings. The molecule has 5 heteroatoms. The second kappa shape index (κ2) is 6.96. The van der Waals surface area contributed by atoms with E-state index >= 15 is 0 Å². The van der Waals surface area contributed by atoms with Crippen molar-refractivity contribution in [2.45, 2.75) is 39.4 Å². The number of ether oxygens (including phenoxy) is 1. The zero-order chi connectivity index (χ0) is 15.3. The SMILES string of the molecule is CC(C)(C)NCc1cccc(OCCn2cc(Cl)cn2)c1. The van der Waals surface area contributed by atoms with Gasteiger partial charge in [0, 0.05) is 18.3 Å². The maximum absolute atomic E-state index is 5.82. The fraction of sp³-hybridized carbons (Fsp3) is 0.438. The number of nitrogens with one attached hydrogen (secondary N) is 1. The average Bonchev–Trinajstić information content (AvgIpc) is 2.82. The van der Waals surface area contributed by atoms with Crippen LogP contribution in [0.4, 0.5) is 0 Å². The third-order valence-electron chi connectivity index (χ3n) is 2.91. The highest BCUT2D eigenvalue weighted by molar-refractivity contribution is 6.30. The van der Waals surface area contributed by atoms with Gasteiger partial charge in [-0.3, -0.25) is 4.68 Å². The standard InChI is InChI=1S/C16H22ClN3O/c1-16(2,3)18-10-13-5-4-6-15(9-13)21-8-7-20-12-14(17)11-19-20/h4-6,9,11-12,18H,7-8,10H2,1-3H3. The monoisotopic (exact) mass is 307 g/mol.